The van der Waals surface area contributed by atoms with Crippen molar-refractivity contribution in [1.29, 1.82) is 0 Å². The van der Waals surface area contributed by atoms with Gasteiger partial charge in [-0.25, -0.2) is 9.59 Å². The van der Waals surface area contributed by atoms with Crippen molar-refractivity contribution >= 4 is 17.6 Å². The van der Waals surface area contributed by atoms with Crippen LogP contribution in [-0.2, 0) is 19.5 Å². The first-order chi connectivity index (χ1) is 6.93. The summed E-state index contributed by atoms with van der Waals surface area (Å²) in [4.78, 5) is 30.6. The molecule has 0 radical (unpaired) electrons. The van der Waals surface area contributed by atoms with Crippen LogP contribution in [0.1, 0.15) is 20.7 Å². The number of aromatic carboxylic acids is 2. The van der Waals surface area contributed by atoms with Crippen LogP contribution in [-0.4, -0.2) is 27.1 Å². The summed E-state index contributed by atoms with van der Waals surface area (Å²) in [7, 11) is 0. The van der Waals surface area contributed by atoms with Crippen molar-refractivity contribution in [3.8, 4) is 0 Å². The fourth-order valence-electron chi connectivity index (χ4n) is 0.997. The second kappa shape index (κ2) is 5.32. The number of nitrogens with zero attached hydrogens (tertiary/aromatic N) is 1. The van der Waals surface area contributed by atoms with Gasteiger partial charge in [0.15, 0.2) is 0 Å². The first-order valence-corrected chi connectivity index (χ1v) is 3.68. The summed E-state index contributed by atoms with van der Waals surface area (Å²) in [5.74, 6) is -2.83. The van der Waals surface area contributed by atoms with Gasteiger partial charge in [-0.1, -0.05) is 0 Å². The maximum Gasteiger partial charge on any atom is 0.342 e. The normalized spacial score (nSPS) is 9.00. The molecule has 0 heterocycles. The van der Waals surface area contributed by atoms with Gasteiger partial charge in [-0.15, -0.1) is 0 Å². The molecule has 0 bridgehead atoms. The van der Waals surface area contributed by atoms with Crippen LogP contribution in [0.15, 0.2) is 18.2 Å². The van der Waals surface area contributed by atoms with Gasteiger partial charge in [0.05, 0.1) is 10.5 Å². The Hall–Kier alpha value is -1.82. The maximum atomic E-state index is 10.6. The zero-order chi connectivity index (χ0) is 11.6. The number of carboxylic acids is 2. The molecule has 1 aromatic rings. The van der Waals surface area contributed by atoms with E-state index < -0.39 is 28.1 Å². The van der Waals surface area contributed by atoms with Gasteiger partial charge in [0.1, 0.15) is 5.56 Å². The molecule has 0 saturated heterocycles. The van der Waals surface area contributed by atoms with Crippen LogP contribution in [0.4, 0.5) is 5.69 Å². The van der Waals surface area contributed by atoms with Gasteiger partial charge in [-0.3, -0.25) is 10.1 Å². The van der Waals surface area contributed by atoms with Crippen molar-refractivity contribution in [2.24, 2.45) is 0 Å². The number of carbonyl (C=O) groups is 2. The van der Waals surface area contributed by atoms with E-state index in [-0.39, 0.29) is 25.0 Å². The fourth-order valence-corrected chi connectivity index (χ4v) is 0.997. The molecule has 0 saturated carbocycles. The third-order valence-corrected chi connectivity index (χ3v) is 1.67. The molecule has 0 aliphatic carbocycles. The standard InChI is InChI=1S/C8H5NO6.Zn/c10-7(11)4-1-2-5(8(12)13)6(3-4)9(14)15;/h1-3H,(H,10,11)(H,12,13);. The van der Waals surface area contributed by atoms with E-state index in [0.29, 0.717) is 6.07 Å². The minimum atomic E-state index is -1.47. The zero-order valence-electron chi connectivity index (χ0n) is 7.91. The number of nitro benzene ring substituents is 1. The molecule has 0 amide bonds. The van der Waals surface area contributed by atoms with Crippen LogP contribution >= 0.6 is 0 Å². The van der Waals surface area contributed by atoms with Crippen molar-refractivity contribution in [3.63, 3.8) is 0 Å². The third kappa shape index (κ3) is 2.84. The Morgan fingerprint density at radius 2 is 1.75 bits per heavy atom. The number of benzene rings is 1. The quantitative estimate of drug-likeness (QED) is 0.483. The molecule has 0 spiro atoms. The van der Waals surface area contributed by atoms with E-state index in [1.54, 1.807) is 0 Å². The molecular formula is C8H5NO6Zn. The van der Waals surface area contributed by atoms with E-state index in [1.165, 1.54) is 0 Å². The predicted molar refractivity (Wildman–Crippen MR) is 47.0 cm³/mol. The van der Waals surface area contributed by atoms with Gasteiger partial charge in [-0.2, -0.15) is 0 Å². The zero-order valence-corrected chi connectivity index (χ0v) is 10.9. The van der Waals surface area contributed by atoms with E-state index in [4.69, 9.17) is 10.2 Å². The van der Waals surface area contributed by atoms with Gasteiger partial charge >= 0.3 is 11.9 Å². The summed E-state index contributed by atoms with van der Waals surface area (Å²) < 4.78 is 0. The van der Waals surface area contributed by atoms with Gasteiger partial charge in [0, 0.05) is 25.5 Å². The van der Waals surface area contributed by atoms with Crippen molar-refractivity contribution in [2.45, 2.75) is 0 Å². The first-order valence-electron chi connectivity index (χ1n) is 3.68. The Morgan fingerprint density at radius 1 is 1.19 bits per heavy atom. The average Bonchev–Trinajstić information content (AvgIpc) is 2.16. The largest absolute Gasteiger partial charge is 0.478 e. The molecule has 16 heavy (non-hydrogen) atoms. The molecule has 1 rings (SSSR count). The molecule has 7 nitrogen and oxygen atoms in total. The predicted octanol–water partition coefficient (Wildman–Crippen LogP) is 0.989. The van der Waals surface area contributed by atoms with Crippen molar-refractivity contribution in [1.82, 2.24) is 0 Å². The first kappa shape index (κ1) is 14.2. The molecule has 0 aromatic heterocycles. The van der Waals surface area contributed by atoms with Crippen LogP contribution in [0.2, 0.25) is 0 Å². The van der Waals surface area contributed by atoms with Gasteiger partial charge in [-0.05, 0) is 12.1 Å². The Labute approximate surface area is 102 Å². The van der Waals surface area contributed by atoms with Crippen molar-refractivity contribution in [3.05, 3.63) is 39.4 Å². The number of rotatable bonds is 3. The SMILES string of the molecule is O=C(O)c1ccc(C(=O)O)c([N+](=O)[O-])c1.[Zn]. The summed E-state index contributed by atoms with van der Waals surface area (Å²) in [5, 5.41) is 27.6. The van der Waals surface area contributed by atoms with E-state index >= 15 is 0 Å². The molecule has 0 unspecified atom stereocenters. The fraction of sp³-hybridized carbons (Fsp3) is 0. The summed E-state index contributed by atoms with van der Waals surface area (Å²) >= 11 is 0. The maximum absolute atomic E-state index is 10.6. The molecular weight excluding hydrogens is 271 g/mol. The smallest absolute Gasteiger partial charge is 0.342 e. The van der Waals surface area contributed by atoms with E-state index in [9.17, 15) is 19.7 Å². The Balaban J connectivity index is 0.00000225. The van der Waals surface area contributed by atoms with Crippen LogP contribution in [0.3, 0.4) is 0 Å². The van der Waals surface area contributed by atoms with Crippen LogP contribution < -0.4 is 0 Å². The molecule has 0 aliphatic rings. The number of hydrogen-bond acceptors (Lipinski definition) is 4. The topological polar surface area (TPSA) is 118 Å². The Bertz CT molecular complexity index is 458. The number of hydrogen-bond donors (Lipinski definition) is 2. The summed E-state index contributed by atoms with van der Waals surface area (Å²) in [6.07, 6.45) is 0. The van der Waals surface area contributed by atoms with Crippen molar-refractivity contribution in [2.75, 3.05) is 0 Å². The molecule has 80 valence electrons. The Morgan fingerprint density at radius 3 is 2.12 bits per heavy atom. The van der Waals surface area contributed by atoms with Crippen LogP contribution in [0, 0.1) is 10.1 Å². The molecule has 0 aliphatic heterocycles. The third-order valence-electron chi connectivity index (χ3n) is 1.67. The van der Waals surface area contributed by atoms with E-state index in [1.807, 2.05) is 0 Å². The monoisotopic (exact) mass is 275 g/mol. The summed E-state index contributed by atoms with van der Waals surface area (Å²) in [6.45, 7) is 0. The van der Waals surface area contributed by atoms with Crippen LogP contribution in [0.25, 0.3) is 0 Å². The average molecular weight is 277 g/mol. The molecule has 0 atom stereocenters. The van der Waals surface area contributed by atoms with Crippen molar-refractivity contribution < 1.29 is 44.2 Å². The number of nitro groups is 1. The molecule has 1 aromatic carbocycles. The minimum absolute atomic E-state index is 0. The molecule has 8 heteroatoms. The van der Waals surface area contributed by atoms with Gasteiger partial charge in [0.25, 0.3) is 5.69 Å². The minimum Gasteiger partial charge on any atom is -0.478 e. The van der Waals surface area contributed by atoms with Gasteiger partial charge in [0.2, 0.25) is 0 Å². The van der Waals surface area contributed by atoms with E-state index in [2.05, 4.69) is 0 Å². The second-order valence-electron chi connectivity index (χ2n) is 2.60. The van der Waals surface area contributed by atoms with Crippen LogP contribution in [0.5, 0.6) is 0 Å². The molecule has 2 N–H and O–H groups in total. The second-order valence-corrected chi connectivity index (χ2v) is 2.60. The Kier molecular flexibility index (Phi) is 4.71. The summed E-state index contributed by atoms with van der Waals surface area (Å²) in [6, 6.07) is 2.61. The number of carboxylic acid groups (broad SMARTS) is 2. The van der Waals surface area contributed by atoms with E-state index in [0.717, 1.165) is 12.1 Å². The van der Waals surface area contributed by atoms with Gasteiger partial charge < -0.3 is 10.2 Å². The molecule has 0 fully saturated rings. The summed E-state index contributed by atoms with van der Waals surface area (Å²) in [5.41, 5.74) is -1.60.